The van der Waals surface area contributed by atoms with Gasteiger partial charge < -0.3 is 9.47 Å². The van der Waals surface area contributed by atoms with Gasteiger partial charge in [-0.05, 0) is 48.5 Å². The number of nitrogens with one attached hydrogen (secondary N) is 1. The molecule has 0 atom stereocenters. The molecule has 6 nitrogen and oxygen atoms in total. The lowest BCUT2D eigenvalue weighted by Gasteiger charge is -2.17. The third-order valence-electron chi connectivity index (χ3n) is 4.11. The Morgan fingerprint density at radius 3 is 2.29 bits per heavy atom. The number of sulfonamides is 1. The first-order chi connectivity index (χ1) is 14.6. The number of benzene rings is 3. The van der Waals surface area contributed by atoms with Gasteiger partial charge in [0.15, 0.2) is 17.2 Å². The van der Waals surface area contributed by atoms with Crippen LogP contribution in [0.15, 0.2) is 71.6 Å². The fourth-order valence-corrected chi connectivity index (χ4v) is 3.74. The first-order valence-electron chi connectivity index (χ1n) is 8.69. The number of anilines is 1. The van der Waals surface area contributed by atoms with Crippen LogP contribution in [0.25, 0.3) is 0 Å². The predicted octanol–water partition coefficient (Wildman–Crippen LogP) is 5.18. The molecule has 0 aromatic heterocycles. The van der Waals surface area contributed by atoms with E-state index in [9.17, 15) is 21.6 Å². The standard InChI is InChI=1S/C21H15F3N2O4S/c1-29-19-7-2-3-8-20(19)30-18-10-9-15(21(22,23)24)12-17(18)26-31(27,28)16-6-4-5-14(11-16)13-25/h2-12,26H,1H3. The molecule has 0 bridgehead atoms. The van der Waals surface area contributed by atoms with Gasteiger partial charge in [0, 0.05) is 0 Å². The molecular weight excluding hydrogens is 433 g/mol. The number of hydrogen-bond donors (Lipinski definition) is 1. The summed E-state index contributed by atoms with van der Waals surface area (Å²) in [5, 5.41) is 8.98. The Morgan fingerprint density at radius 2 is 1.65 bits per heavy atom. The molecule has 0 aliphatic heterocycles. The van der Waals surface area contributed by atoms with Gasteiger partial charge >= 0.3 is 6.18 Å². The molecule has 0 amide bonds. The number of rotatable bonds is 6. The number of alkyl halides is 3. The predicted molar refractivity (Wildman–Crippen MR) is 106 cm³/mol. The summed E-state index contributed by atoms with van der Waals surface area (Å²) in [5.74, 6) is 0.312. The highest BCUT2D eigenvalue weighted by molar-refractivity contribution is 7.92. The highest BCUT2D eigenvalue weighted by atomic mass is 32.2. The second-order valence-corrected chi connectivity index (χ2v) is 7.89. The number of methoxy groups -OCH3 is 1. The maximum Gasteiger partial charge on any atom is 0.416 e. The van der Waals surface area contributed by atoms with Crippen molar-refractivity contribution in [2.75, 3.05) is 11.8 Å². The fourth-order valence-electron chi connectivity index (χ4n) is 2.63. The minimum absolute atomic E-state index is 0.0809. The van der Waals surface area contributed by atoms with Crippen molar-refractivity contribution in [3.8, 4) is 23.3 Å². The molecule has 10 heteroatoms. The summed E-state index contributed by atoms with van der Waals surface area (Å²) in [6.45, 7) is 0. The van der Waals surface area contributed by atoms with Crippen LogP contribution in [0.3, 0.4) is 0 Å². The van der Waals surface area contributed by atoms with E-state index in [2.05, 4.69) is 4.72 Å². The van der Waals surface area contributed by atoms with E-state index in [0.29, 0.717) is 11.8 Å². The lowest BCUT2D eigenvalue weighted by Crippen LogP contribution is -2.15. The third-order valence-corrected chi connectivity index (χ3v) is 5.48. The number of hydrogen-bond acceptors (Lipinski definition) is 5. The second kappa shape index (κ2) is 8.57. The van der Waals surface area contributed by atoms with Crippen LogP contribution in [0, 0.1) is 11.3 Å². The van der Waals surface area contributed by atoms with Crippen molar-refractivity contribution in [2.24, 2.45) is 0 Å². The normalized spacial score (nSPS) is 11.5. The van der Waals surface area contributed by atoms with Crippen molar-refractivity contribution >= 4 is 15.7 Å². The zero-order chi connectivity index (χ0) is 22.6. The van der Waals surface area contributed by atoms with Gasteiger partial charge in [0.25, 0.3) is 10.0 Å². The second-order valence-electron chi connectivity index (χ2n) is 6.21. The third kappa shape index (κ3) is 5.07. The fraction of sp³-hybridized carbons (Fsp3) is 0.0952. The zero-order valence-corrected chi connectivity index (χ0v) is 16.8. The molecule has 3 aromatic rings. The SMILES string of the molecule is COc1ccccc1Oc1ccc(C(F)(F)F)cc1NS(=O)(=O)c1cccc(C#N)c1. The van der Waals surface area contributed by atoms with Gasteiger partial charge in [0.2, 0.25) is 0 Å². The van der Waals surface area contributed by atoms with Gasteiger partial charge in [-0.2, -0.15) is 18.4 Å². The minimum atomic E-state index is -4.70. The number of halogens is 3. The molecule has 0 heterocycles. The molecule has 31 heavy (non-hydrogen) atoms. The van der Waals surface area contributed by atoms with E-state index in [4.69, 9.17) is 14.7 Å². The van der Waals surface area contributed by atoms with Crippen LogP contribution in [0.5, 0.6) is 17.2 Å². The summed E-state index contributed by atoms with van der Waals surface area (Å²) in [4.78, 5) is -0.285. The molecule has 0 saturated heterocycles. The Morgan fingerprint density at radius 1 is 0.935 bits per heavy atom. The monoisotopic (exact) mass is 448 g/mol. The molecular formula is C21H15F3N2O4S. The van der Waals surface area contributed by atoms with Crippen LogP contribution in [0.1, 0.15) is 11.1 Å². The summed E-state index contributed by atoms with van der Waals surface area (Å²) < 4.78 is 78.2. The van der Waals surface area contributed by atoms with Gasteiger partial charge in [0.05, 0.1) is 34.9 Å². The molecule has 0 saturated carbocycles. The summed E-state index contributed by atoms with van der Waals surface area (Å²) in [5.41, 5.74) is -1.41. The van der Waals surface area contributed by atoms with E-state index < -0.39 is 27.5 Å². The van der Waals surface area contributed by atoms with E-state index in [1.54, 1.807) is 18.2 Å². The summed E-state index contributed by atoms with van der Waals surface area (Å²) in [6.07, 6.45) is -4.70. The van der Waals surface area contributed by atoms with Crippen LogP contribution in [-0.2, 0) is 16.2 Å². The molecule has 160 valence electrons. The minimum Gasteiger partial charge on any atom is -0.493 e. The zero-order valence-electron chi connectivity index (χ0n) is 16.0. The summed E-state index contributed by atoms with van der Waals surface area (Å²) >= 11 is 0. The Bertz CT molecular complexity index is 1250. The van der Waals surface area contributed by atoms with Gasteiger partial charge in [-0.25, -0.2) is 8.42 Å². The number of nitrogens with zero attached hydrogens (tertiary/aromatic N) is 1. The molecule has 0 unspecified atom stereocenters. The highest BCUT2D eigenvalue weighted by Crippen LogP contribution is 2.39. The van der Waals surface area contributed by atoms with Crippen molar-refractivity contribution in [1.29, 1.82) is 5.26 Å². The van der Waals surface area contributed by atoms with Crippen molar-refractivity contribution in [1.82, 2.24) is 0 Å². The number of ether oxygens (including phenoxy) is 2. The number of para-hydroxylation sites is 2. The van der Waals surface area contributed by atoms with E-state index in [1.807, 2.05) is 6.07 Å². The summed E-state index contributed by atoms with van der Waals surface area (Å²) in [7, 11) is -2.93. The number of nitriles is 1. The molecule has 0 aliphatic rings. The van der Waals surface area contributed by atoms with E-state index in [1.165, 1.54) is 31.4 Å². The van der Waals surface area contributed by atoms with Gasteiger partial charge in [-0.15, -0.1) is 0 Å². The van der Waals surface area contributed by atoms with Gasteiger partial charge in [0.1, 0.15) is 0 Å². The molecule has 0 radical (unpaired) electrons. The molecule has 3 rings (SSSR count). The molecule has 3 aromatic carbocycles. The lowest BCUT2D eigenvalue weighted by molar-refractivity contribution is -0.137. The van der Waals surface area contributed by atoms with Crippen LogP contribution in [0.2, 0.25) is 0 Å². The maximum absolute atomic E-state index is 13.2. The van der Waals surface area contributed by atoms with Crippen LogP contribution in [-0.4, -0.2) is 15.5 Å². The molecule has 0 spiro atoms. The van der Waals surface area contributed by atoms with E-state index >= 15 is 0 Å². The van der Waals surface area contributed by atoms with E-state index in [-0.39, 0.29) is 22.0 Å². The Labute approximate surface area is 176 Å². The van der Waals surface area contributed by atoms with Crippen molar-refractivity contribution < 1.29 is 31.1 Å². The van der Waals surface area contributed by atoms with Crippen LogP contribution in [0.4, 0.5) is 18.9 Å². The molecule has 0 fully saturated rings. The highest BCUT2D eigenvalue weighted by Gasteiger charge is 2.32. The van der Waals surface area contributed by atoms with E-state index in [0.717, 1.165) is 18.2 Å². The van der Waals surface area contributed by atoms with Crippen LogP contribution >= 0.6 is 0 Å². The van der Waals surface area contributed by atoms with Crippen molar-refractivity contribution in [3.05, 3.63) is 77.9 Å². The van der Waals surface area contributed by atoms with Crippen molar-refractivity contribution in [2.45, 2.75) is 11.1 Å². The Hall–Kier alpha value is -3.71. The van der Waals surface area contributed by atoms with Crippen LogP contribution < -0.4 is 14.2 Å². The smallest absolute Gasteiger partial charge is 0.416 e. The summed E-state index contributed by atoms with van der Waals surface area (Å²) in [6, 6.07) is 15.7. The Balaban J connectivity index is 2.06. The topological polar surface area (TPSA) is 88.4 Å². The maximum atomic E-state index is 13.2. The molecule has 0 aliphatic carbocycles. The van der Waals surface area contributed by atoms with Gasteiger partial charge in [-0.3, -0.25) is 4.72 Å². The molecule has 1 N–H and O–H groups in total. The average Bonchev–Trinajstić information content (AvgIpc) is 2.74. The largest absolute Gasteiger partial charge is 0.493 e. The quantitative estimate of drug-likeness (QED) is 0.562. The first-order valence-corrected chi connectivity index (χ1v) is 10.2. The first kappa shape index (κ1) is 22.0. The van der Waals surface area contributed by atoms with Crippen molar-refractivity contribution in [3.63, 3.8) is 0 Å². The Kier molecular flexibility index (Phi) is 6.08. The lowest BCUT2D eigenvalue weighted by atomic mass is 10.2. The average molecular weight is 448 g/mol. The van der Waals surface area contributed by atoms with Gasteiger partial charge in [-0.1, -0.05) is 18.2 Å².